The van der Waals surface area contributed by atoms with Crippen molar-refractivity contribution in [2.75, 3.05) is 0 Å². The van der Waals surface area contributed by atoms with Crippen LogP contribution in [0.2, 0.25) is 0 Å². The summed E-state index contributed by atoms with van der Waals surface area (Å²) in [6.07, 6.45) is 0. The molecule has 0 spiro atoms. The Morgan fingerprint density at radius 3 is 2.83 bits per heavy atom. The lowest BCUT2D eigenvalue weighted by molar-refractivity contribution is 0.299. The van der Waals surface area contributed by atoms with E-state index >= 15 is 0 Å². The highest BCUT2D eigenvalue weighted by atomic mass is 79.9. The number of hydrogen-bond donors (Lipinski definition) is 0. The average molecular weight is 306 g/mol. The molecule has 2 aromatic carbocycles. The first-order valence-electron chi connectivity index (χ1n) is 5.26. The van der Waals surface area contributed by atoms with Crippen molar-refractivity contribution in [3.8, 4) is 11.8 Å². The quantitative estimate of drug-likeness (QED) is 0.857. The lowest BCUT2D eigenvalue weighted by Crippen LogP contribution is -1.98. The minimum Gasteiger partial charge on any atom is -0.489 e. The first-order chi connectivity index (χ1) is 8.69. The highest BCUT2D eigenvalue weighted by Gasteiger charge is 2.04. The van der Waals surface area contributed by atoms with Gasteiger partial charge in [-0.3, -0.25) is 0 Å². The summed E-state index contributed by atoms with van der Waals surface area (Å²) in [6.45, 7) is 0.125. The fraction of sp³-hybridized carbons (Fsp3) is 0.0714. The van der Waals surface area contributed by atoms with Crippen LogP contribution in [0.5, 0.6) is 5.75 Å². The predicted octanol–water partition coefficient (Wildman–Crippen LogP) is 4.04. The van der Waals surface area contributed by atoms with Crippen LogP contribution in [0, 0.1) is 17.1 Å². The lowest BCUT2D eigenvalue weighted by Gasteiger charge is -2.07. The van der Waals surface area contributed by atoms with Crippen LogP contribution < -0.4 is 4.74 Å². The van der Waals surface area contributed by atoms with Gasteiger partial charge in [-0.2, -0.15) is 5.26 Å². The number of ether oxygens (including phenoxy) is 1. The van der Waals surface area contributed by atoms with Crippen molar-refractivity contribution in [1.29, 1.82) is 5.26 Å². The molecule has 18 heavy (non-hydrogen) atoms. The van der Waals surface area contributed by atoms with Crippen molar-refractivity contribution in [3.05, 3.63) is 63.9 Å². The molecule has 0 bridgehead atoms. The Balaban J connectivity index is 2.11. The van der Waals surface area contributed by atoms with Gasteiger partial charge in [-0.1, -0.05) is 22.0 Å². The van der Waals surface area contributed by atoms with E-state index in [1.807, 2.05) is 6.07 Å². The highest BCUT2D eigenvalue weighted by molar-refractivity contribution is 9.10. The molecule has 0 radical (unpaired) electrons. The summed E-state index contributed by atoms with van der Waals surface area (Å²) in [5, 5.41) is 8.76. The number of hydrogen-bond acceptors (Lipinski definition) is 2. The third kappa shape index (κ3) is 3.08. The second-order valence-electron chi connectivity index (χ2n) is 3.66. The van der Waals surface area contributed by atoms with Crippen LogP contribution in [-0.2, 0) is 6.61 Å². The zero-order valence-electron chi connectivity index (χ0n) is 9.36. The van der Waals surface area contributed by atoms with E-state index in [2.05, 4.69) is 15.9 Å². The molecule has 90 valence electrons. The second-order valence-corrected chi connectivity index (χ2v) is 4.58. The highest BCUT2D eigenvalue weighted by Crippen LogP contribution is 2.19. The molecule has 0 saturated heterocycles. The first kappa shape index (κ1) is 12.6. The van der Waals surface area contributed by atoms with Gasteiger partial charge in [0.15, 0.2) is 0 Å². The summed E-state index contributed by atoms with van der Waals surface area (Å²) in [5.74, 6) is 0.239. The molecule has 0 N–H and O–H groups in total. The molecule has 0 aliphatic rings. The fourth-order valence-electron chi connectivity index (χ4n) is 1.47. The summed E-state index contributed by atoms with van der Waals surface area (Å²) in [5.41, 5.74) is 0.981. The maximum absolute atomic E-state index is 13.5. The molecular formula is C14H9BrFNO. The third-order valence-corrected chi connectivity index (χ3v) is 2.86. The minimum absolute atomic E-state index is 0.125. The van der Waals surface area contributed by atoms with E-state index in [4.69, 9.17) is 10.00 Å². The smallest absolute Gasteiger partial charge is 0.129 e. The van der Waals surface area contributed by atoms with Crippen molar-refractivity contribution in [3.63, 3.8) is 0 Å². The SMILES string of the molecule is N#Cc1cccc(OCc2cc(Br)ccc2F)c1. The number of nitrogens with zero attached hydrogens (tertiary/aromatic N) is 1. The molecule has 0 unspecified atom stereocenters. The van der Waals surface area contributed by atoms with Gasteiger partial charge in [0.1, 0.15) is 18.2 Å². The molecule has 0 aliphatic heterocycles. The maximum Gasteiger partial charge on any atom is 0.129 e. The number of rotatable bonds is 3. The second kappa shape index (κ2) is 5.65. The van der Waals surface area contributed by atoms with Crippen molar-refractivity contribution in [2.45, 2.75) is 6.61 Å². The average Bonchev–Trinajstić information content (AvgIpc) is 2.40. The summed E-state index contributed by atoms with van der Waals surface area (Å²) < 4.78 is 19.7. The molecule has 0 saturated carbocycles. The molecular weight excluding hydrogens is 297 g/mol. The lowest BCUT2D eigenvalue weighted by atomic mass is 10.2. The van der Waals surface area contributed by atoms with E-state index < -0.39 is 0 Å². The third-order valence-electron chi connectivity index (χ3n) is 2.37. The van der Waals surface area contributed by atoms with E-state index in [0.29, 0.717) is 16.9 Å². The van der Waals surface area contributed by atoms with E-state index in [0.717, 1.165) is 4.47 Å². The maximum atomic E-state index is 13.5. The van der Waals surface area contributed by atoms with E-state index in [-0.39, 0.29) is 12.4 Å². The Labute approximate surface area is 113 Å². The number of benzene rings is 2. The molecule has 0 aliphatic carbocycles. The van der Waals surface area contributed by atoms with Crippen molar-refractivity contribution >= 4 is 15.9 Å². The van der Waals surface area contributed by atoms with Crippen molar-refractivity contribution in [2.24, 2.45) is 0 Å². The van der Waals surface area contributed by atoms with Gasteiger partial charge in [-0.25, -0.2) is 4.39 Å². The zero-order valence-corrected chi connectivity index (χ0v) is 10.9. The topological polar surface area (TPSA) is 33.0 Å². The normalized spacial score (nSPS) is 9.83. The predicted molar refractivity (Wildman–Crippen MR) is 69.6 cm³/mol. The Kier molecular flexibility index (Phi) is 3.96. The molecule has 4 heteroatoms. The summed E-state index contributed by atoms with van der Waals surface area (Å²) in [6, 6.07) is 13.5. The van der Waals surface area contributed by atoms with E-state index in [1.54, 1.807) is 36.4 Å². The van der Waals surface area contributed by atoms with Crippen LogP contribution in [0.3, 0.4) is 0 Å². The zero-order chi connectivity index (χ0) is 13.0. The summed E-state index contributed by atoms with van der Waals surface area (Å²) in [7, 11) is 0. The van der Waals surface area contributed by atoms with Crippen LogP contribution in [0.25, 0.3) is 0 Å². The number of nitriles is 1. The first-order valence-corrected chi connectivity index (χ1v) is 6.05. The molecule has 0 amide bonds. The van der Waals surface area contributed by atoms with Crippen molar-refractivity contribution in [1.82, 2.24) is 0 Å². The van der Waals surface area contributed by atoms with Crippen LogP contribution in [0.4, 0.5) is 4.39 Å². The Morgan fingerprint density at radius 2 is 2.06 bits per heavy atom. The van der Waals surface area contributed by atoms with Gasteiger partial charge in [0, 0.05) is 10.0 Å². The Hall–Kier alpha value is -1.86. The van der Waals surface area contributed by atoms with Gasteiger partial charge in [-0.05, 0) is 36.4 Å². The molecule has 2 rings (SSSR count). The monoisotopic (exact) mass is 305 g/mol. The minimum atomic E-state index is -0.311. The molecule has 2 aromatic rings. The molecule has 0 aromatic heterocycles. The standard InChI is InChI=1S/C14H9BrFNO/c15-12-4-5-14(16)11(7-12)9-18-13-3-1-2-10(6-13)8-17/h1-7H,9H2. The summed E-state index contributed by atoms with van der Waals surface area (Å²) >= 11 is 3.28. The molecule has 2 nitrogen and oxygen atoms in total. The molecule has 0 heterocycles. The van der Waals surface area contributed by atoms with Crippen LogP contribution in [0.1, 0.15) is 11.1 Å². The van der Waals surface area contributed by atoms with Crippen molar-refractivity contribution < 1.29 is 9.13 Å². The van der Waals surface area contributed by atoms with Gasteiger partial charge in [-0.15, -0.1) is 0 Å². The van der Waals surface area contributed by atoms with Crippen LogP contribution >= 0.6 is 15.9 Å². The van der Waals surface area contributed by atoms with Gasteiger partial charge >= 0.3 is 0 Å². The van der Waals surface area contributed by atoms with Crippen LogP contribution in [0.15, 0.2) is 46.9 Å². The van der Waals surface area contributed by atoms with Gasteiger partial charge in [0.05, 0.1) is 11.6 Å². The van der Waals surface area contributed by atoms with Gasteiger partial charge < -0.3 is 4.74 Å². The Morgan fingerprint density at radius 1 is 1.22 bits per heavy atom. The van der Waals surface area contributed by atoms with E-state index in [9.17, 15) is 4.39 Å². The fourth-order valence-corrected chi connectivity index (χ4v) is 1.88. The summed E-state index contributed by atoms with van der Waals surface area (Å²) in [4.78, 5) is 0. The number of halogens is 2. The Bertz CT molecular complexity index is 607. The molecule has 0 fully saturated rings. The van der Waals surface area contributed by atoms with Gasteiger partial charge in [0.2, 0.25) is 0 Å². The van der Waals surface area contributed by atoms with Gasteiger partial charge in [0.25, 0.3) is 0 Å². The molecule has 0 atom stereocenters. The largest absolute Gasteiger partial charge is 0.489 e. The van der Waals surface area contributed by atoms with Crippen LogP contribution in [-0.4, -0.2) is 0 Å². The van der Waals surface area contributed by atoms with E-state index in [1.165, 1.54) is 6.07 Å².